The van der Waals surface area contributed by atoms with Gasteiger partial charge in [-0.3, -0.25) is 4.79 Å². The second kappa shape index (κ2) is 6.52. The number of hydrogen-bond acceptors (Lipinski definition) is 3. The Morgan fingerprint density at radius 2 is 2.26 bits per heavy atom. The fourth-order valence-corrected chi connectivity index (χ4v) is 1.75. The molecular formula is C14H19FN2O2. The van der Waals surface area contributed by atoms with Crippen molar-refractivity contribution in [3.8, 4) is 5.75 Å². The van der Waals surface area contributed by atoms with Crippen molar-refractivity contribution in [2.24, 2.45) is 0 Å². The van der Waals surface area contributed by atoms with Crippen LogP contribution < -0.4 is 15.4 Å². The van der Waals surface area contributed by atoms with Crippen molar-refractivity contribution in [1.29, 1.82) is 0 Å². The molecule has 1 amide bonds. The Balaban J connectivity index is 1.91. The Morgan fingerprint density at radius 3 is 2.95 bits per heavy atom. The molecule has 5 heteroatoms. The van der Waals surface area contributed by atoms with E-state index in [9.17, 15) is 9.18 Å². The Kier molecular flexibility index (Phi) is 4.74. The van der Waals surface area contributed by atoms with Gasteiger partial charge in [-0.1, -0.05) is 0 Å². The number of carbonyl (C=O) groups is 1. The molecule has 1 aromatic carbocycles. The molecule has 0 radical (unpaired) electrons. The molecule has 0 spiro atoms. The number of nitrogens with one attached hydrogen (secondary N) is 2. The van der Waals surface area contributed by atoms with Crippen LogP contribution in [0.2, 0.25) is 0 Å². The van der Waals surface area contributed by atoms with Crippen LogP contribution in [0.15, 0.2) is 18.2 Å². The number of amides is 1. The highest BCUT2D eigenvalue weighted by molar-refractivity contribution is 5.75. The lowest BCUT2D eigenvalue weighted by Crippen LogP contribution is -2.20. The van der Waals surface area contributed by atoms with E-state index in [2.05, 4.69) is 10.6 Å². The van der Waals surface area contributed by atoms with Crippen molar-refractivity contribution in [1.82, 2.24) is 10.6 Å². The van der Waals surface area contributed by atoms with Gasteiger partial charge < -0.3 is 15.4 Å². The first-order chi connectivity index (χ1) is 9.19. The van der Waals surface area contributed by atoms with Crippen molar-refractivity contribution in [2.45, 2.75) is 31.8 Å². The predicted octanol–water partition coefficient (Wildman–Crippen LogP) is 1.59. The van der Waals surface area contributed by atoms with Crippen molar-refractivity contribution in [3.05, 3.63) is 29.6 Å². The van der Waals surface area contributed by atoms with Crippen molar-refractivity contribution < 1.29 is 13.9 Å². The summed E-state index contributed by atoms with van der Waals surface area (Å²) in [5.74, 6) is 0.296. The highest BCUT2D eigenvalue weighted by Crippen LogP contribution is 2.23. The summed E-state index contributed by atoms with van der Waals surface area (Å²) in [6.07, 6.45) is 2.66. The summed E-state index contributed by atoms with van der Waals surface area (Å²) in [7, 11) is 1.59. The van der Waals surface area contributed by atoms with E-state index in [-0.39, 0.29) is 11.7 Å². The van der Waals surface area contributed by atoms with Crippen LogP contribution in [0.3, 0.4) is 0 Å². The predicted molar refractivity (Wildman–Crippen MR) is 70.4 cm³/mol. The maximum Gasteiger partial charge on any atom is 0.223 e. The largest absolute Gasteiger partial charge is 0.493 e. The van der Waals surface area contributed by atoms with Gasteiger partial charge >= 0.3 is 0 Å². The molecule has 1 aromatic rings. The van der Waals surface area contributed by atoms with E-state index in [4.69, 9.17) is 4.74 Å². The number of rotatable bonds is 7. The van der Waals surface area contributed by atoms with Crippen LogP contribution in [0.1, 0.15) is 24.8 Å². The molecule has 0 atom stereocenters. The first kappa shape index (κ1) is 13.8. The Morgan fingerprint density at radius 1 is 1.47 bits per heavy atom. The van der Waals surface area contributed by atoms with Gasteiger partial charge in [-0.05, 0) is 31.0 Å². The molecule has 0 aromatic heterocycles. The average molecular weight is 266 g/mol. The normalized spacial score (nSPS) is 14.2. The summed E-state index contributed by atoms with van der Waals surface area (Å²) < 4.78 is 18.8. The molecule has 1 aliphatic carbocycles. The van der Waals surface area contributed by atoms with E-state index < -0.39 is 0 Å². The topological polar surface area (TPSA) is 50.4 Å². The smallest absolute Gasteiger partial charge is 0.223 e. The van der Waals surface area contributed by atoms with Gasteiger partial charge in [0.05, 0.1) is 13.0 Å². The highest BCUT2D eigenvalue weighted by atomic mass is 19.1. The number of hydrogen-bond donors (Lipinski definition) is 2. The highest BCUT2D eigenvalue weighted by Gasteiger charge is 2.20. The van der Waals surface area contributed by atoms with Gasteiger partial charge in [0, 0.05) is 25.2 Å². The molecule has 104 valence electrons. The first-order valence-corrected chi connectivity index (χ1v) is 6.54. The fraction of sp³-hybridized carbons (Fsp3) is 0.500. The molecule has 0 heterocycles. The third kappa shape index (κ3) is 4.52. The van der Waals surface area contributed by atoms with Gasteiger partial charge in [0.25, 0.3) is 0 Å². The summed E-state index contributed by atoms with van der Waals surface area (Å²) in [6.45, 7) is 0.888. The van der Waals surface area contributed by atoms with Crippen LogP contribution in [0.25, 0.3) is 0 Å². The number of carbonyl (C=O) groups excluding carboxylic acids is 1. The van der Waals surface area contributed by atoms with Crippen molar-refractivity contribution in [2.75, 3.05) is 13.7 Å². The SMILES string of the molecule is CNC(=O)CCOc1ccc(F)cc1CNC1CC1. The standard InChI is InChI=1S/C14H19FN2O2/c1-16-14(18)6-7-19-13-5-2-11(15)8-10(13)9-17-12-3-4-12/h2,5,8,12,17H,3-4,6-7,9H2,1H3,(H,16,18). The van der Waals surface area contributed by atoms with Crippen LogP contribution in [-0.2, 0) is 11.3 Å². The molecule has 2 N–H and O–H groups in total. The lowest BCUT2D eigenvalue weighted by molar-refractivity contribution is -0.121. The van der Waals surface area contributed by atoms with E-state index in [0.717, 1.165) is 5.56 Å². The maximum absolute atomic E-state index is 13.2. The zero-order chi connectivity index (χ0) is 13.7. The molecule has 2 rings (SSSR count). The number of ether oxygens (including phenoxy) is 1. The van der Waals surface area contributed by atoms with Gasteiger partial charge in [-0.25, -0.2) is 4.39 Å². The summed E-state index contributed by atoms with van der Waals surface area (Å²) >= 11 is 0. The molecular weight excluding hydrogens is 247 g/mol. The minimum atomic E-state index is -0.272. The van der Waals surface area contributed by atoms with E-state index >= 15 is 0 Å². The molecule has 0 bridgehead atoms. The van der Waals surface area contributed by atoms with Gasteiger partial charge in [0.15, 0.2) is 0 Å². The molecule has 4 nitrogen and oxygen atoms in total. The third-order valence-electron chi connectivity index (χ3n) is 3.05. The maximum atomic E-state index is 13.2. The second-order valence-corrected chi connectivity index (χ2v) is 4.68. The average Bonchev–Trinajstić information content (AvgIpc) is 3.22. The molecule has 0 saturated heterocycles. The van der Waals surface area contributed by atoms with E-state index in [0.29, 0.717) is 31.4 Å². The van der Waals surface area contributed by atoms with Gasteiger partial charge in [-0.15, -0.1) is 0 Å². The van der Waals surface area contributed by atoms with Crippen LogP contribution >= 0.6 is 0 Å². The summed E-state index contributed by atoms with van der Waals surface area (Å²) in [5.41, 5.74) is 0.795. The molecule has 1 aliphatic rings. The zero-order valence-corrected chi connectivity index (χ0v) is 11.0. The number of benzene rings is 1. The van der Waals surface area contributed by atoms with Gasteiger partial charge in [0.1, 0.15) is 11.6 Å². The first-order valence-electron chi connectivity index (χ1n) is 6.54. The minimum Gasteiger partial charge on any atom is -0.493 e. The quantitative estimate of drug-likeness (QED) is 0.788. The zero-order valence-electron chi connectivity index (χ0n) is 11.0. The van der Waals surface area contributed by atoms with E-state index in [1.165, 1.54) is 25.0 Å². The Hall–Kier alpha value is -1.62. The third-order valence-corrected chi connectivity index (χ3v) is 3.05. The van der Waals surface area contributed by atoms with Gasteiger partial charge in [-0.2, -0.15) is 0 Å². The summed E-state index contributed by atoms with van der Waals surface area (Å²) in [5, 5.41) is 5.86. The van der Waals surface area contributed by atoms with Crippen LogP contribution in [0, 0.1) is 5.82 Å². The lowest BCUT2D eigenvalue weighted by atomic mass is 10.2. The van der Waals surface area contributed by atoms with E-state index in [1.54, 1.807) is 13.1 Å². The second-order valence-electron chi connectivity index (χ2n) is 4.68. The van der Waals surface area contributed by atoms with Gasteiger partial charge in [0.2, 0.25) is 5.91 Å². The molecule has 0 aliphatic heterocycles. The number of halogens is 1. The van der Waals surface area contributed by atoms with Crippen LogP contribution in [0.5, 0.6) is 5.75 Å². The summed E-state index contributed by atoms with van der Waals surface area (Å²) in [6, 6.07) is 5.02. The summed E-state index contributed by atoms with van der Waals surface area (Å²) in [4.78, 5) is 11.1. The molecule has 1 saturated carbocycles. The molecule has 19 heavy (non-hydrogen) atoms. The monoisotopic (exact) mass is 266 g/mol. The van der Waals surface area contributed by atoms with Crippen molar-refractivity contribution >= 4 is 5.91 Å². The Labute approximate surface area is 112 Å². The van der Waals surface area contributed by atoms with Crippen LogP contribution in [-0.4, -0.2) is 25.6 Å². The van der Waals surface area contributed by atoms with Crippen LogP contribution in [0.4, 0.5) is 4.39 Å². The Bertz CT molecular complexity index is 447. The lowest BCUT2D eigenvalue weighted by Gasteiger charge is -2.12. The fourth-order valence-electron chi connectivity index (χ4n) is 1.75. The molecule has 0 unspecified atom stereocenters. The minimum absolute atomic E-state index is 0.0697. The van der Waals surface area contributed by atoms with E-state index in [1.807, 2.05) is 0 Å². The van der Waals surface area contributed by atoms with Crippen molar-refractivity contribution in [3.63, 3.8) is 0 Å². The molecule has 1 fully saturated rings.